The zero-order valence-electron chi connectivity index (χ0n) is 10.7. The third-order valence-corrected chi connectivity index (χ3v) is 3.46. The Morgan fingerprint density at radius 2 is 2.00 bits per heavy atom. The van der Waals surface area contributed by atoms with Crippen LogP contribution in [-0.2, 0) is 4.79 Å². The number of nitrogens with one attached hydrogen (secondary N) is 2. The topological polar surface area (TPSA) is 78.4 Å². The lowest BCUT2D eigenvalue weighted by molar-refractivity contribution is -0.139. The van der Waals surface area contributed by atoms with Gasteiger partial charge in [-0.1, -0.05) is 20.3 Å². The molecule has 0 aromatic heterocycles. The van der Waals surface area contributed by atoms with Crippen molar-refractivity contribution in [3.63, 3.8) is 0 Å². The molecule has 1 unspecified atom stereocenters. The van der Waals surface area contributed by atoms with E-state index in [0.29, 0.717) is 18.2 Å². The SMILES string of the molecule is CCC[C@H](NC(=O)NCCC(C)SC)C(=O)O. The highest BCUT2D eigenvalue weighted by atomic mass is 32.2. The van der Waals surface area contributed by atoms with E-state index in [2.05, 4.69) is 17.6 Å². The Hall–Kier alpha value is -0.910. The van der Waals surface area contributed by atoms with Crippen LogP contribution >= 0.6 is 11.8 Å². The van der Waals surface area contributed by atoms with Gasteiger partial charge in [-0.15, -0.1) is 0 Å². The lowest BCUT2D eigenvalue weighted by atomic mass is 10.2. The molecule has 0 aliphatic rings. The summed E-state index contributed by atoms with van der Waals surface area (Å²) in [6.07, 6.45) is 4.07. The van der Waals surface area contributed by atoms with Crippen molar-refractivity contribution in [1.82, 2.24) is 10.6 Å². The molecule has 0 heterocycles. The molecule has 2 atom stereocenters. The molecule has 0 aliphatic heterocycles. The van der Waals surface area contributed by atoms with E-state index in [1.54, 1.807) is 11.8 Å². The summed E-state index contributed by atoms with van der Waals surface area (Å²) >= 11 is 1.74. The predicted octanol–water partition coefficient (Wildman–Crippen LogP) is 1.68. The fourth-order valence-electron chi connectivity index (χ4n) is 1.26. The first-order valence-corrected chi connectivity index (χ1v) is 7.10. The highest BCUT2D eigenvalue weighted by Crippen LogP contribution is 2.07. The number of thioether (sulfide) groups is 1. The fraction of sp³-hybridized carbons (Fsp3) is 0.818. The van der Waals surface area contributed by atoms with Gasteiger partial charge in [0, 0.05) is 11.8 Å². The van der Waals surface area contributed by atoms with Gasteiger partial charge < -0.3 is 15.7 Å². The van der Waals surface area contributed by atoms with Crippen LogP contribution in [0.5, 0.6) is 0 Å². The smallest absolute Gasteiger partial charge is 0.326 e. The highest BCUT2D eigenvalue weighted by Gasteiger charge is 2.18. The molecule has 0 radical (unpaired) electrons. The minimum atomic E-state index is -0.987. The summed E-state index contributed by atoms with van der Waals surface area (Å²) in [4.78, 5) is 22.2. The molecule has 17 heavy (non-hydrogen) atoms. The van der Waals surface area contributed by atoms with Crippen molar-refractivity contribution >= 4 is 23.8 Å². The minimum Gasteiger partial charge on any atom is -0.480 e. The second-order valence-electron chi connectivity index (χ2n) is 3.91. The lowest BCUT2D eigenvalue weighted by Gasteiger charge is -2.15. The number of aliphatic carboxylic acids is 1. The zero-order valence-corrected chi connectivity index (χ0v) is 11.5. The number of rotatable bonds is 8. The maximum atomic E-state index is 11.4. The van der Waals surface area contributed by atoms with Gasteiger partial charge in [0.15, 0.2) is 0 Å². The van der Waals surface area contributed by atoms with Crippen LogP contribution < -0.4 is 10.6 Å². The standard InChI is InChI=1S/C11H22N2O3S/c1-4-5-9(10(14)15)13-11(16)12-7-6-8(2)17-3/h8-9H,4-7H2,1-3H3,(H,14,15)(H2,12,13,16)/t8?,9-/m0/s1. The van der Waals surface area contributed by atoms with Gasteiger partial charge in [0.2, 0.25) is 0 Å². The minimum absolute atomic E-state index is 0.404. The largest absolute Gasteiger partial charge is 0.480 e. The number of carbonyl (C=O) groups excluding carboxylic acids is 1. The molecule has 6 heteroatoms. The molecule has 0 bridgehead atoms. The van der Waals surface area contributed by atoms with Crippen LogP contribution in [-0.4, -0.2) is 41.2 Å². The second kappa shape index (κ2) is 9.15. The van der Waals surface area contributed by atoms with Gasteiger partial charge in [0.25, 0.3) is 0 Å². The number of hydrogen-bond acceptors (Lipinski definition) is 3. The monoisotopic (exact) mass is 262 g/mol. The highest BCUT2D eigenvalue weighted by molar-refractivity contribution is 7.99. The molecule has 2 amide bonds. The van der Waals surface area contributed by atoms with Crippen molar-refractivity contribution in [3.05, 3.63) is 0 Å². The molecule has 0 spiro atoms. The van der Waals surface area contributed by atoms with E-state index in [-0.39, 0.29) is 0 Å². The number of carboxylic acid groups (broad SMARTS) is 1. The first-order valence-electron chi connectivity index (χ1n) is 5.81. The summed E-state index contributed by atoms with van der Waals surface area (Å²) < 4.78 is 0. The predicted molar refractivity (Wildman–Crippen MR) is 70.5 cm³/mol. The van der Waals surface area contributed by atoms with Gasteiger partial charge in [0.05, 0.1) is 0 Å². The van der Waals surface area contributed by atoms with Crippen molar-refractivity contribution in [2.24, 2.45) is 0 Å². The van der Waals surface area contributed by atoms with E-state index in [9.17, 15) is 9.59 Å². The second-order valence-corrected chi connectivity index (χ2v) is 5.19. The van der Waals surface area contributed by atoms with Crippen molar-refractivity contribution in [1.29, 1.82) is 0 Å². The van der Waals surface area contributed by atoms with Gasteiger partial charge >= 0.3 is 12.0 Å². The summed E-state index contributed by atoms with van der Waals surface area (Å²) in [7, 11) is 0. The van der Waals surface area contributed by atoms with Gasteiger partial charge in [-0.25, -0.2) is 9.59 Å². The number of hydrogen-bond donors (Lipinski definition) is 3. The van der Waals surface area contributed by atoms with E-state index >= 15 is 0 Å². The number of carboxylic acids is 1. The maximum Gasteiger partial charge on any atom is 0.326 e. The van der Waals surface area contributed by atoms with Gasteiger partial charge in [0.1, 0.15) is 6.04 Å². The van der Waals surface area contributed by atoms with Crippen LogP contribution in [0, 0.1) is 0 Å². The average Bonchev–Trinajstić information content (AvgIpc) is 2.28. The zero-order chi connectivity index (χ0) is 13.3. The fourth-order valence-corrected chi connectivity index (χ4v) is 1.62. The number of carbonyl (C=O) groups is 2. The summed E-state index contributed by atoms with van der Waals surface area (Å²) in [5.41, 5.74) is 0. The number of urea groups is 1. The Bertz CT molecular complexity index is 249. The molecule has 5 nitrogen and oxygen atoms in total. The van der Waals surface area contributed by atoms with E-state index in [1.807, 2.05) is 13.2 Å². The van der Waals surface area contributed by atoms with Crippen molar-refractivity contribution in [3.8, 4) is 0 Å². The molecule has 0 fully saturated rings. The Balaban J connectivity index is 3.86. The van der Waals surface area contributed by atoms with E-state index in [1.165, 1.54) is 0 Å². The molecule has 0 aromatic carbocycles. The third kappa shape index (κ3) is 7.90. The van der Waals surface area contributed by atoms with Crippen LogP contribution in [0.2, 0.25) is 0 Å². The number of amides is 2. The van der Waals surface area contributed by atoms with E-state index < -0.39 is 18.0 Å². The van der Waals surface area contributed by atoms with Gasteiger partial charge in [-0.3, -0.25) is 0 Å². The Morgan fingerprint density at radius 3 is 2.47 bits per heavy atom. The summed E-state index contributed by atoms with van der Waals surface area (Å²) in [5, 5.41) is 14.5. The maximum absolute atomic E-state index is 11.4. The van der Waals surface area contributed by atoms with Crippen molar-refractivity contribution in [2.75, 3.05) is 12.8 Å². The summed E-state index contributed by atoms with van der Waals surface area (Å²) in [6.45, 7) is 4.53. The first-order chi connectivity index (χ1) is 8.01. The molecule has 0 aromatic rings. The molecule has 0 rings (SSSR count). The molecule has 0 aliphatic carbocycles. The van der Waals surface area contributed by atoms with Crippen LogP contribution in [0.25, 0.3) is 0 Å². The first kappa shape index (κ1) is 16.1. The molecule has 3 N–H and O–H groups in total. The van der Waals surface area contributed by atoms with Crippen molar-refractivity contribution < 1.29 is 14.7 Å². The normalized spacial score (nSPS) is 13.8. The summed E-state index contributed by atoms with van der Waals surface area (Å²) in [6, 6.07) is -1.20. The molecule has 0 saturated heterocycles. The molecule has 0 saturated carbocycles. The Kier molecular flexibility index (Phi) is 8.66. The third-order valence-electron chi connectivity index (χ3n) is 2.42. The van der Waals surface area contributed by atoms with Gasteiger partial charge in [-0.05, 0) is 19.1 Å². The Morgan fingerprint density at radius 1 is 1.35 bits per heavy atom. The van der Waals surface area contributed by atoms with Crippen LogP contribution in [0.3, 0.4) is 0 Å². The summed E-state index contributed by atoms with van der Waals surface area (Å²) in [5.74, 6) is -0.987. The average molecular weight is 262 g/mol. The van der Waals surface area contributed by atoms with Crippen molar-refractivity contribution in [2.45, 2.75) is 44.4 Å². The van der Waals surface area contributed by atoms with E-state index in [4.69, 9.17) is 5.11 Å². The quantitative estimate of drug-likeness (QED) is 0.622. The molecular formula is C11H22N2O3S. The van der Waals surface area contributed by atoms with Crippen LogP contribution in [0.4, 0.5) is 4.79 Å². The molecule has 100 valence electrons. The van der Waals surface area contributed by atoms with Crippen LogP contribution in [0.1, 0.15) is 33.1 Å². The Labute approximate surface area is 107 Å². The molecular weight excluding hydrogens is 240 g/mol. The van der Waals surface area contributed by atoms with Gasteiger partial charge in [-0.2, -0.15) is 11.8 Å². The van der Waals surface area contributed by atoms with E-state index in [0.717, 1.165) is 12.8 Å². The lowest BCUT2D eigenvalue weighted by Crippen LogP contribution is -2.46. The van der Waals surface area contributed by atoms with Crippen LogP contribution in [0.15, 0.2) is 0 Å².